The number of nitro groups is 1. The molecule has 1 unspecified atom stereocenters. The number of rotatable bonds is 5. The number of hydrogen-bond donors (Lipinski definition) is 0. The molecule has 0 amide bonds. The minimum atomic E-state index is -0.561. The highest BCUT2D eigenvalue weighted by Gasteiger charge is 2.21. The van der Waals surface area contributed by atoms with Crippen LogP contribution in [-0.2, 0) is 9.47 Å². The topological polar surface area (TPSA) is 87.9 Å². The van der Waals surface area contributed by atoms with Crippen LogP contribution in [0, 0.1) is 16.0 Å². The number of esters is 1. The van der Waals surface area contributed by atoms with Crippen LogP contribution < -0.4 is 4.74 Å². The summed E-state index contributed by atoms with van der Waals surface area (Å²) in [5, 5.41) is 11.0. The number of methoxy groups -OCH3 is 1. The second-order valence-corrected chi connectivity index (χ2v) is 4.47. The molecule has 2 rings (SSSR count). The zero-order chi connectivity index (χ0) is 14.5. The van der Waals surface area contributed by atoms with Crippen LogP contribution >= 0.6 is 0 Å². The Morgan fingerprint density at radius 1 is 1.55 bits per heavy atom. The number of nitrogens with zero attached hydrogens (tertiary/aromatic N) is 1. The number of carbonyl (C=O) groups excluding carboxylic acids is 1. The predicted molar refractivity (Wildman–Crippen MR) is 68.9 cm³/mol. The van der Waals surface area contributed by atoms with Gasteiger partial charge in [0.2, 0.25) is 0 Å². The maximum Gasteiger partial charge on any atom is 0.337 e. The lowest BCUT2D eigenvalue weighted by Gasteiger charge is -2.11. The summed E-state index contributed by atoms with van der Waals surface area (Å²) in [6.45, 7) is 1.59. The Morgan fingerprint density at radius 3 is 2.95 bits per heavy atom. The fourth-order valence-corrected chi connectivity index (χ4v) is 1.95. The normalized spacial score (nSPS) is 17.8. The SMILES string of the molecule is COC(=O)c1ccc([N+](=O)[O-])c(OCC2CCOC2)c1. The van der Waals surface area contributed by atoms with Crippen molar-refractivity contribution in [3.8, 4) is 5.75 Å². The predicted octanol–water partition coefficient (Wildman–Crippen LogP) is 1.80. The summed E-state index contributed by atoms with van der Waals surface area (Å²) in [5.74, 6) is -0.268. The van der Waals surface area contributed by atoms with E-state index in [1.165, 1.54) is 25.3 Å². The Balaban J connectivity index is 2.17. The smallest absolute Gasteiger partial charge is 0.337 e. The van der Waals surface area contributed by atoms with Gasteiger partial charge >= 0.3 is 11.7 Å². The molecule has 1 aromatic carbocycles. The lowest BCUT2D eigenvalue weighted by Crippen LogP contribution is -2.13. The van der Waals surface area contributed by atoms with Crippen LogP contribution in [0.2, 0.25) is 0 Å². The number of hydrogen-bond acceptors (Lipinski definition) is 6. The van der Waals surface area contributed by atoms with Gasteiger partial charge in [-0.25, -0.2) is 4.79 Å². The van der Waals surface area contributed by atoms with E-state index in [1.54, 1.807) is 0 Å². The number of benzene rings is 1. The third-order valence-electron chi connectivity index (χ3n) is 3.08. The molecule has 20 heavy (non-hydrogen) atoms. The summed E-state index contributed by atoms with van der Waals surface area (Å²) in [4.78, 5) is 21.9. The minimum absolute atomic E-state index is 0.0739. The molecule has 1 aliphatic heterocycles. The molecule has 7 heteroatoms. The van der Waals surface area contributed by atoms with Gasteiger partial charge in [0, 0.05) is 24.7 Å². The molecular weight excluding hydrogens is 266 g/mol. The maximum absolute atomic E-state index is 11.4. The number of nitro benzene ring substituents is 1. The monoisotopic (exact) mass is 281 g/mol. The standard InChI is InChI=1S/C13H15NO6/c1-18-13(15)10-2-3-11(14(16)17)12(6-10)20-8-9-4-5-19-7-9/h2-3,6,9H,4-5,7-8H2,1H3. The van der Waals surface area contributed by atoms with Crippen LogP contribution in [0.4, 0.5) is 5.69 Å². The molecule has 1 atom stereocenters. The van der Waals surface area contributed by atoms with E-state index in [4.69, 9.17) is 9.47 Å². The number of carbonyl (C=O) groups is 1. The van der Waals surface area contributed by atoms with E-state index in [9.17, 15) is 14.9 Å². The molecule has 0 radical (unpaired) electrons. The van der Waals surface area contributed by atoms with Crippen molar-refractivity contribution in [2.45, 2.75) is 6.42 Å². The van der Waals surface area contributed by atoms with E-state index in [1.807, 2.05) is 0 Å². The van der Waals surface area contributed by atoms with Gasteiger partial charge in [-0.05, 0) is 12.5 Å². The zero-order valence-corrected chi connectivity index (χ0v) is 11.0. The van der Waals surface area contributed by atoms with Gasteiger partial charge in [0.15, 0.2) is 5.75 Å². The van der Waals surface area contributed by atoms with Crippen molar-refractivity contribution in [3.63, 3.8) is 0 Å². The van der Waals surface area contributed by atoms with E-state index in [-0.39, 0.29) is 22.9 Å². The fraction of sp³-hybridized carbons (Fsp3) is 0.462. The highest BCUT2D eigenvalue weighted by atomic mass is 16.6. The second-order valence-electron chi connectivity index (χ2n) is 4.47. The van der Waals surface area contributed by atoms with Gasteiger partial charge < -0.3 is 14.2 Å². The van der Waals surface area contributed by atoms with Crippen molar-refractivity contribution in [1.29, 1.82) is 0 Å². The average molecular weight is 281 g/mol. The fourth-order valence-electron chi connectivity index (χ4n) is 1.95. The third-order valence-corrected chi connectivity index (χ3v) is 3.08. The van der Waals surface area contributed by atoms with E-state index in [0.717, 1.165) is 6.42 Å². The molecule has 1 heterocycles. The molecule has 1 fully saturated rings. The van der Waals surface area contributed by atoms with Crippen molar-refractivity contribution in [2.75, 3.05) is 26.9 Å². The molecule has 0 spiro atoms. The molecule has 0 aliphatic carbocycles. The van der Waals surface area contributed by atoms with Crippen molar-refractivity contribution in [3.05, 3.63) is 33.9 Å². The zero-order valence-electron chi connectivity index (χ0n) is 11.0. The molecule has 0 aromatic heterocycles. The Kier molecular flexibility index (Phi) is 4.52. The maximum atomic E-state index is 11.4. The first-order chi connectivity index (χ1) is 9.61. The summed E-state index contributed by atoms with van der Waals surface area (Å²) in [6.07, 6.45) is 0.866. The number of ether oxygens (including phenoxy) is 3. The van der Waals surface area contributed by atoms with E-state index < -0.39 is 10.9 Å². The van der Waals surface area contributed by atoms with Gasteiger partial charge in [0.05, 0.1) is 30.8 Å². The van der Waals surface area contributed by atoms with Crippen molar-refractivity contribution < 1.29 is 23.9 Å². The van der Waals surface area contributed by atoms with Gasteiger partial charge in [-0.15, -0.1) is 0 Å². The third kappa shape index (κ3) is 3.24. The highest BCUT2D eigenvalue weighted by Crippen LogP contribution is 2.29. The second kappa shape index (κ2) is 6.33. The van der Waals surface area contributed by atoms with Crippen molar-refractivity contribution in [2.24, 2.45) is 5.92 Å². The first-order valence-corrected chi connectivity index (χ1v) is 6.19. The summed E-state index contributed by atoms with van der Waals surface area (Å²) < 4.78 is 15.3. The van der Waals surface area contributed by atoms with Gasteiger partial charge in [-0.2, -0.15) is 0 Å². The Morgan fingerprint density at radius 2 is 2.35 bits per heavy atom. The lowest BCUT2D eigenvalue weighted by molar-refractivity contribution is -0.385. The van der Waals surface area contributed by atoms with E-state index >= 15 is 0 Å². The van der Waals surface area contributed by atoms with Crippen LogP contribution in [0.1, 0.15) is 16.8 Å². The van der Waals surface area contributed by atoms with Crippen molar-refractivity contribution in [1.82, 2.24) is 0 Å². The first-order valence-electron chi connectivity index (χ1n) is 6.19. The molecule has 0 bridgehead atoms. The molecule has 7 nitrogen and oxygen atoms in total. The highest BCUT2D eigenvalue weighted by molar-refractivity contribution is 5.90. The quantitative estimate of drug-likeness (QED) is 0.464. The van der Waals surface area contributed by atoms with E-state index in [0.29, 0.717) is 19.8 Å². The Bertz CT molecular complexity index is 510. The summed E-state index contributed by atoms with van der Waals surface area (Å²) in [5.41, 5.74) is 0.0485. The molecule has 0 saturated carbocycles. The van der Waals surface area contributed by atoms with Gasteiger partial charge in [-0.1, -0.05) is 0 Å². The van der Waals surface area contributed by atoms with Crippen molar-refractivity contribution >= 4 is 11.7 Å². The summed E-state index contributed by atoms with van der Waals surface area (Å²) >= 11 is 0. The molecule has 1 aliphatic rings. The van der Waals surface area contributed by atoms with Crippen LogP contribution in [0.15, 0.2) is 18.2 Å². The average Bonchev–Trinajstić information content (AvgIpc) is 2.97. The van der Waals surface area contributed by atoms with Gasteiger partial charge in [-0.3, -0.25) is 10.1 Å². The van der Waals surface area contributed by atoms with Crippen LogP contribution in [-0.4, -0.2) is 37.8 Å². The molecule has 0 N–H and O–H groups in total. The van der Waals surface area contributed by atoms with E-state index in [2.05, 4.69) is 4.74 Å². The Labute approximate surface area is 115 Å². The summed E-state index contributed by atoms with van der Waals surface area (Å²) in [7, 11) is 1.25. The van der Waals surface area contributed by atoms with Crippen LogP contribution in [0.25, 0.3) is 0 Å². The Hall–Kier alpha value is -2.15. The van der Waals surface area contributed by atoms with Crippen LogP contribution in [0.3, 0.4) is 0 Å². The lowest BCUT2D eigenvalue weighted by atomic mass is 10.1. The van der Waals surface area contributed by atoms with Gasteiger partial charge in [0.1, 0.15) is 0 Å². The molecule has 1 aromatic rings. The molecular formula is C13H15NO6. The minimum Gasteiger partial charge on any atom is -0.486 e. The first kappa shape index (κ1) is 14.3. The van der Waals surface area contributed by atoms with Crippen LogP contribution in [0.5, 0.6) is 5.75 Å². The summed E-state index contributed by atoms with van der Waals surface area (Å²) in [6, 6.07) is 3.92. The molecule has 1 saturated heterocycles. The van der Waals surface area contributed by atoms with Gasteiger partial charge in [0.25, 0.3) is 0 Å². The molecule has 108 valence electrons. The largest absolute Gasteiger partial charge is 0.486 e.